The lowest BCUT2D eigenvalue weighted by Gasteiger charge is -2.42. The molecule has 2 saturated heterocycles. The van der Waals surface area contributed by atoms with Crippen molar-refractivity contribution in [2.24, 2.45) is 0 Å². The van der Waals surface area contributed by atoms with Gasteiger partial charge in [0.1, 0.15) is 17.5 Å². The smallest absolute Gasteiger partial charge is 0.343 e. The maximum absolute atomic E-state index is 14.2. The van der Waals surface area contributed by atoms with Gasteiger partial charge in [0.25, 0.3) is 0 Å². The van der Waals surface area contributed by atoms with Crippen molar-refractivity contribution < 1.29 is 19.2 Å². The third-order valence-electron chi connectivity index (χ3n) is 8.48. The fourth-order valence-electron chi connectivity index (χ4n) is 5.91. The van der Waals surface area contributed by atoms with Crippen LogP contribution in [0, 0.1) is 0 Å². The van der Waals surface area contributed by atoms with Crippen LogP contribution in [0.1, 0.15) is 54.5 Å². The molecular weight excluding hydrogens is 468 g/mol. The maximum Gasteiger partial charge on any atom is 0.343 e. The van der Waals surface area contributed by atoms with Crippen LogP contribution in [0.4, 0.5) is 4.79 Å². The fraction of sp³-hybridized carbons (Fsp3) is 0.517. The van der Waals surface area contributed by atoms with Crippen molar-refractivity contribution >= 4 is 11.9 Å². The first-order valence-corrected chi connectivity index (χ1v) is 13.2. The molecule has 1 atom stereocenters. The molecule has 3 amide bonds. The molecule has 2 heterocycles. The molecule has 0 N–H and O–H groups in total. The van der Waals surface area contributed by atoms with Crippen LogP contribution in [0.2, 0.25) is 0 Å². The number of carbonyl (C=O) groups is 2. The molecule has 0 bridgehead atoms. The van der Waals surface area contributed by atoms with Gasteiger partial charge in [0.15, 0.2) is 0 Å². The number of rotatable bonds is 7. The highest BCUT2D eigenvalue weighted by Crippen LogP contribution is 2.46. The molecule has 3 aliphatic rings. The van der Waals surface area contributed by atoms with Gasteiger partial charge in [0.05, 0.1) is 14.2 Å². The summed E-state index contributed by atoms with van der Waals surface area (Å²) in [7, 11) is 6.83. The Kier molecular flexibility index (Phi) is 7.14. The highest BCUT2D eigenvalue weighted by molar-refractivity contribution is 5.89. The van der Waals surface area contributed by atoms with Crippen LogP contribution in [0.15, 0.2) is 48.5 Å². The quantitative estimate of drug-likeness (QED) is 0.531. The molecule has 1 saturated carbocycles. The van der Waals surface area contributed by atoms with Gasteiger partial charge in [-0.05, 0) is 73.9 Å². The molecule has 2 aliphatic heterocycles. The van der Waals surface area contributed by atoms with Gasteiger partial charge in [0.2, 0.25) is 5.91 Å². The number of likely N-dealkylation sites (N-methyl/N-ethyl adjacent to an activating group) is 1. The summed E-state index contributed by atoms with van der Waals surface area (Å²) in [6, 6.07) is 16.8. The summed E-state index contributed by atoms with van der Waals surface area (Å²) in [5.41, 5.74) is 3.08. The Morgan fingerprint density at radius 2 is 1.62 bits per heavy atom. The molecule has 0 aromatic heterocycles. The number of urea groups is 1. The third-order valence-corrected chi connectivity index (χ3v) is 8.48. The molecule has 8 heteroatoms. The second-order valence-corrected chi connectivity index (χ2v) is 10.5. The highest BCUT2D eigenvalue weighted by atomic mass is 16.7. The summed E-state index contributed by atoms with van der Waals surface area (Å²) >= 11 is 0. The lowest BCUT2D eigenvalue weighted by Crippen LogP contribution is -2.57. The number of likely N-dealkylation sites (tertiary alicyclic amines) is 1. The molecular formula is C29H38N4O4. The summed E-state index contributed by atoms with van der Waals surface area (Å²) < 4.78 is 5.30. The minimum atomic E-state index is -0.623. The lowest BCUT2D eigenvalue weighted by molar-refractivity contribution is -0.136. The van der Waals surface area contributed by atoms with Gasteiger partial charge >= 0.3 is 6.03 Å². The van der Waals surface area contributed by atoms with E-state index in [9.17, 15) is 9.59 Å². The minimum Gasteiger partial charge on any atom is -0.497 e. The van der Waals surface area contributed by atoms with Crippen molar-refractivity contribution in [1.29, 1.82) is 0 Å². The predicted octanol–water partition coefficient (Wildman–Crippen LogP) is 4.04. The van der Waals surface area contributed by atoms with Gasteiger partial charge < -0.3 is 14.5 Å². The van der Waals surface area contributed by atoms with E-state index < -0.39 is 5.54 Å². The van der Waals surface area contributed by atoms with Crippen molar-refractivity contribution in [2.45, 2.75) is 49.7 Å². The van der Waals surface area contributed by atoms with Crippen LogP contribution in [-0.2, 0) is 16.1 Å². The van der Waals surface area contributed by atoms with Crippen molar-refractivity contribution in [3.05, 3.63) is 65.2 Å². The van der Waals surface area contributed by atoms with E-state index in [0.717, 1.165) is 17.7 Å². The molecule has 5 rings (SSSR count). The number of nitrogens with zero attached hydrogens (tertiary/aromatic N) is 4. The first-order chi connectivity index (χ1) is 17.9. The standard InChI is InChI=1S/C29H38N4O4/c1-30-26(24-11-9-23(10-12-24)22-7-8-22)33(18-15-21-5-13-25(36-3)14-6-21)27(34)29(30)16-19-32(20-17-29)28(35)31(2)37-4/h5-6,9-14,22,26H,7-8,15-20H2,1-4H3. The highest BCUT2D eigenvalue weighted by Gasteiger charge is 2.57. The first kappa shape index (κ1) is 25.5. The number of benzene rings is 2. The molecule has 1 aliphatic carbocycles. The molecule has 2 aromatic carbocycles. The second kappa shape index (κ2) is 10.3. The van der Waals surface area contributed by atoms with E-state index in [0.29, 0.717) is 38.4 Å². The zero-order valence-corrected chi connectivity index (χ0v) is 22.4. The summed E-state index contributed by atoms with van der Waals surface area (Å²) in [5.74, 6) is 1.68. The Hall–Kier alpha value is -3.10. The Morgan fingerprint density at radius 1 is 1.00 bits per heavy atom. The molecule has 198 valence electrons. The minimum absolute atomic E-state index is 0.136. The average molecular weight is 507 g/mol. The Morgan fingerprint density at radius 3 is 2.19 bits per heavy atom. The molecule has 1 unspecified atom stereocenters. The van der Waals surface area contributed by atoms with Crippen molar-refractivity contribution in [3.63, 3.8) is 0 Å². The SMILES string of the molecule is COc1ccc(CCN2C(=O)C3(CCN(C(=O)N(C)OC)CC3)N(C)C2c2ccc(C3CC3)cc2)cc1. The van der Waals surface area contributed by atoms with Crippen LogP contribution >= 0.6 is 0 Å². The van der Waals surface area contributed by atoms with Gasteiger partial charge in [-0.25, -0.2) is 9.86 Å². The van der Waals surface area contributed by atoms with E-state index in [1.54, 1.807) is 19.1 Å². The van der Waals surface area contributed by atoms with E-state index in [4.69, 9.17) is 9.57 Å². The number of methoxy groups -OCH3 is 1. The summed E-state index contributed by atoms with van der Waals surface area (Å²) in [6.07, 6.45) is 4.36. The monoisotopic (exact) mass is 506 g/mol. The third kappa shape index (κ3) is 4.80. The zero-order valence-electron chi connectivity index (χ0n) is 22.4. The van der Waals surface area contributed by atoms with Gasteiger partial charge in [-0.15, -0.1) is 0 Å². The topological polar surface area (TPSA) is 65.6 Å². The van der Waals surface area contributed by atoms with Gasteiger partial charge in [0, 0.05) is 26.7 Å². The van der Waals surface area contributed by atoms with E-state index in [-0.39, 0.29) is 18.1 Å². The first-order valence-electron chi connectivity index (χ1n) is 13.2. The number of piperidine rings is 1. The Labute approximate surface area is 219 Å². The van der Waals surface area contributed by atoms with E-state index in [1.165, 1.54) is 36.1 Å². The molecule has 3 fully saturated rings. The maximum atomic E-state index is 14.2. The van der Waals surface area contributed by atoms with Crippen molar-refractivity contribution in [2.75, 3.05) is 47.9 Å². The summed E-state index contributed by atoms with van der Waals surface area (Å²) in [5, 5.41) is 1.24. The molecule has 2 aromatic rings. The van der Waals surface area contributed by atoms with Crippen molar-refractivity contribution in [3.8, 4) is 5.75 Å². The summed E-state index contributed by atoms with van der Waals surface area (Å²) in [4.78, 5) is 38.0. The number of ether oxygens (including phenoxy) is 1. The normalized spacial score (nSPS) is 21.5. The number of amides is 3. The molecule has 8 nitrogen and oxygen atoms in total. The fourth-order valence-corrected chi connectivity index (χ4v) is 5.91. The largest absolute Gasteiger partial charge is 0.497 e. The number of hydrogen-bond donors (Lipinski definition) is 0. The lowest BCUT2D eigenvalue weighted by atomic mass is 9.86. The van der Waals surface area contributed by atoms with Crippen molar-refractivity contribution in [1.82, 2.24) is 19.8 Å². The zero-order chi connectivity index (χ0) is 26.2. The van der Waals surface area contributed by atoms with E-state index in [1.807, 2.05) is 12.1 Å². The number of hydroxylamine groups is 2. The predicted molar refractivity (Wildman–Crippen MR) is 141 cm³/mol. The van der Waals surface area contributed by atoms with Crippen LogP contribution in [0.25, 0.3) is 0 Å². The second-order valence-electron chi connectivity index (χ2n) is 10.5. The van der Waals surface area contributed by atoms with Crippen LogP contribution in [0.3, 0.4) is 0 Å². The van der Waals surface area contributed by atoms with Crippen LogP contribution in [0.5, 0.6) is 5.75 Å². The van der Waals surface area contributed by atoms with Gasteiger partial charge in [-0.2, -0.15) is 0 Å². The Balaban J connectivity index is 1.39. The Bertz CT molecular complexity index is 1110. The molecule has 1 spiro atoms. The van der Waals surface area contributed by atoms with E-state index in [2.05, 4.69) is 53.2 Å². The van der Waals surface area contributed by atoms with Crippen LogP contribution in [-0.4, -0.2) is 85.2 Å². The van der Waals surface area contributed by atoms with Gasteiger partial charge in [-0.1, -0.05) is 36.4 Å². The molecule has 37 heavy (non-hydrogen) atoms. The number of carbonyl (C=O) groups excluding carboxylic acids is 2. The molecule has 0 radical (unpaired) electrons. The van der Waals surface area contributed by atoms with Gasteiger partial charge in [-0.3, -0.25) is 14.5 Å². The van der Waals surface area contributed by atoms with Crippen LogP contribution < -0.4 is 4.74 Å². The number of hydrogen-bond acceptors (Lipinski definition) is 5. The summed E-state index contributed by atoms with van der Waals surface area (Å²) in [6.45, 7) is 1.66. The average Bonchev–Trinajstić information content (AvgIpc) is 3.77. The van der Waals surface area contributed by atoms with E-state index >= 15 is 0 Å².